The van der Waals surface area contributed by atoms with Crippen LogP contribution < -0.4 is 0 Å². The zero-order chi connectivity index (χ0) is 13.5. The summed E-state index contributed by atoms with van der Waals surface area (Å²) >= 11 is 0. The number of nitrogens with zero attached hydrogens (tertiary/aromatic N) is 1. The van der Waals surface area contributed by atoms with Crippen LogP contribution in [-0.2, 0) is 14.3 Å². The molecular formula is C14H21NO4. The van der Waals surface area contributed by atoms with Crippen LogP contribution in [0.1, 0.15) is 32.1 Å². The standard InChI is InChI=1S/C14H21NO4/c16-12(10-2-1-7-19-9-10)15-5-3-14(4-6-15)8-11(14)13(17)18/h10-11H,1-9H2,(H,17,18). The molecule has 3 aliphatic rings. The van der Waals surface area contributed by atoms with Gasteiger partial charge in [0.15, 0.2) is 0 Å². The minimum atomic E-state index is -0.666. The number of hydrogen-bond acceptors (Lipinski definition) is 3. The molecule has 1 saturated carbocycles. The third kappa shape index (κ3) is 2.36. The molecule has 1 N–H and O–H groups in total. The second-order valence-electron chi connectivity index (χ2n) is 6.20. The van der Waals surface area contributed by atoms with Crippen molar-refractivity contribution in [1.82, 2.24) is 4.90 Å². The Morgan fingerprint density at radius 2 is 2.00 bits per heavy atom. The highest BCUT2D eigenvalue weighted by molar-refractivity contribution is 5.79. The average molecular weight is 267 g/mol. The summed E-state index contributed by atoms with van der Waals surface area (Å²) in [6, 6.07) is 0. The van der Waals surface area contributed by atoms with Crippen molar-refractivity contribution in [2.45, 2.75) is 32.1 Å². The largest absolute Gasteiger partial charge is 0.481 e. The van der Waals surface area contributed by atoms with E-state index in [1.165, 1.54) is 0 Å². The fourth-order valence-electron chi connectivity index (χ4n) is 3.62. The summed E-state index contributed by atoms with van der Waals surface area (Å²) in [5.41, 5.74) is 0.00563. The molecule has 3 fully saturated rings. The topological polar surface area (TPSA) is 66.8 Å². The first-order valence-corrected chi connectivity index (χ1v) is 7.22. The SMILES string of the molecule is O=C(O)C1CC12CCN(C(=O)C1CCCOC1)CC2. The number of rotatable bonds is 2. The Hall–Kier alpha value is -1.10. The van der Waals surface area contributed by atoms with Crippen molar-refractivity contribution in [3.05, 3.63) is 0 Å². The van der Waals surface area contributed by atoms with Crippen LogP contribution in [-0.4, -0.2) is 48.2 Å². The molecule has 1 amide bonds. The molecule has 2 aliphatic heterocycles. The van der Waals surface area contributed by atoms with E-state index in [4.69, 9.17) is 9.84 Å². The zero-order valence-corrected chi connectivity index (χ0v) is 11.1. The van der Waals surface area contributed by atoms with Gasteiger partial charge in [-0.05, 0) is 37.5 Å². The predicted octanol–water partition coefficient (Wildman–Crippen LogP) is 1.13. The number of amides is 1. The maximum Gasteiger partial charge on any atom is 0.307 e. The fourth-order valence-corrected chi connectivity index (χ4v) is 3.62. The van der Waals surface area contributed by atoms with Crippen molar-refractivity contribution in [3.63, 3.8) is 0 Å². The van der Waals surface area contributed by atoms with Crippen molar-refractivity contribution in [2.75, 3.05) is 26.3 Å². The van der Waals surface area contributed by atoms with Crippen LogP contribution in [0.3, 0.4) is 0 Å². The molecule has 0 aromatic rings. The molecule has 1 spiro atoms. The van der Waals surface area contributed by atoms with Crippen LogP contribution in [0.5, 0.6) is 0 Å². The molecule has 1 aliphatic carbocycles. The number of carbonyl (C=O) groups excluding carboxylic acids is 1. The van der Waals surface area contributed by atoms with E-state index in [-0.39, 0.29) is 23.2 Å². The van der Waals surface area contributed by atoms with E-state index in [2.05, 4.69) is 0 Å². The zero-order valence-electron chi connectivity index (χ0n) is 11.1. The molecule has 0 aromatic carbocycles. The molecule has 5 nitrogen and oxygen atoms in total. The third-order valence-corrected chi connectivity index (χ3v) is 5.07. The highest BCUT2D eigenvalue weighted by Gasteiger charge is 2.59. The Labute approximate surface area is 112 Å². The number of hydrogen-bond donors (Lipinski definition) is 1. The third-order valence-electron chi connectivity index (χ3n) is 5.07. The molecule has 5 heteroatoms. The van der Waals surface area contributed by atoms with E-state index < -0.39 is 5.97 Å². The molecule has 2 heterocycles. The van der Waals surface area contributed by atoms with Gasteiger partial charge in [-0.25, -0.2) is 0 Å². The van der Waals surface area contributed by atoms with Gasteiger partial charge in [0.05, 0.1) is 18.4 Å². The number of aliphatic carboxylic acids is 1. The lowest BCUT2D eigenvalue weighted by atomic mass is 9.89. The maximum absolute atomic E-state index is 12.3. The summed E-state index contributed by atoms with van der Waals surface area (Å²) in [4.78, 5) is 25.2. The molecule has 2 saturated heterocycles. The average Bonchev–Trinajstić information content (AvgIpc) is 3.14. The van der Waals surface area contributed by atoms with Crippen LogP contribution in [0.25, 0.3) is 0 Å². The lowest BCUT2D eigenvalue weighted by Crippen LogP contribution is -2.44. The van der Waals surface area contributed by atoms with Crippen LogP contribution >= 0.6 is 0 Å². The number of likely N-dealkylation sites (tertiary alicyclic amines) is 1. The van der Waals surface area contributed by atoms with E-state index >= 15 is 0 Å². The van der Waals surface area contributed by atoms with E-state index in [0.29, 0.717) is 6.61 Å². The molecule has 2 atom stereocenters. The molecule has 0 radical (unpaired) electrons. The lowest BCUT2D eigenvalue weighted by molar-refractivity contribution is -0.142. The van der Waals surface area contributed by atoms with Gasteiger partial charge in [0.25, 0.3) is 0 Å². The second-order valence-corrected chi connectivity index (χ2v) is 6.20. The number of carbonyl (C=O) groups is 2. The quantitative estimate of drug-likeness (QED) is 0.814. The Morgan fingerprint density at radius 3 is 2.53 bits per heavy atom. The summed E-state index contributed by atoms with van der Waals surface area (Å²) in [5.74, 6) is -0.595. The number of carboxylic acid groups (broad SMARTS) is 1. The van der Waals surface area contributed by atoms with Gasteiger partial charge in [-0.3, -0.25) is 9.59 Å². The minimum absolute atomic E-state index is 0.00563. The second kappa shape index (κ2) is 4.78. The summed E-state index contributed by atoms with van der Waals surface area (Å²) in [6.45, 7) is 2.77. The first-order chi connectivity index (χ1) is 9.12. The first kappa shape index (κ1) is 12.9. The van der Waals surface area contributed by atoms with Gasteiger partial charge in [0.2, 0.25) is 5.91 Å². The first-order valence-electron chi connectivity index (χ1n) is 7.22. The van der Waals surface area contributed by atoms with Crippen LogP contribution in [0.4, 0.5) is 0 Å². The minimum Gasteiger partial charge on any atom is -0.481 e. The van der Waals surface area contributed by atoms with Crippen molar-refractivity contribution in [3.8, 4) is 0 Å². The summed E-state index contributed by atoms with van der Waals surface area (Å²) in [6.07, 6.45) is 4.40. The smallest absolute Gasteiger partial charge is 0.307 e. The van der Waals surface area contributed by atoms with Gasteiger partial charge >= 0.3 is 5.97 Å². The molecule has 3 rings (SSSR count). The van der Waals surface area contributed by atoms with Crippen LogP contribution in [0.2, 0.25) is 0 Å². The molecule has 106 valence electrons. The lowest BCUT2D eigenvalue weighted by Gasteiger charge is -2.35. The van der Waals surface area contributed by atoms with Gasteiger partial charge in [0, 0.05) is 19.7 Å². The molecule has 0 bridgehead atoms. The molecule has 19 heavy (non-hydrogen) atoms. The molecular weight excluding hydrogens is 246 g/mol. The molecule has 0 aromatic heterocycles. The number of carboxylic acids is 1. The van der Waals surface area contributed by atoms with Crippen LogP contribution in [0, 0.1) is 17.3 Å². The van der Waals surface area contributed by atoms with Gasteiger partial charge in [0.1, 0.15) is 0 Å². The van der Waals surface area contributed by atoms with Gasteiger partial charge in [-0.15, -0.1) is 0 Å². The van der Waals surface area contributed by atoms with Crippen molar-refractivity contribution in [2.24, 2.45) is 17.3 Å². The Balaban J connectivity index is 1.53. The van der Waals surface area contributed by atoms with E-state index in [1.54, 1.807) is 0 Å². The van der Waals surface area contributed by atoms with Crippen LogP contribution in [0.15, 0.2) is 0 Å². The molecule has 2 unspecified atom stereocenters. The Kier molecular flexibility index (Phi) is 3.25. The monoisotopic (exact) mass is 267 g/mol. The number of piperidine rings is 1. The Bertz CT molecular complexity index is 381. The van der Waals surface area contributed by atoms with Crippen molar-refractivity contribution < 1.29 is 19.4 Å². The predicted molar refractivity (Wildman–Crippen MR) is 67.5 cm³/mol. The normalized spacial score (nSPS) is 33.2. The maximum atomic E-state index is 12.3. The van der Waals surface area contributed by atoms with Crippen molar-refractivity contribution in [1.29, 1.82) is 0 Å². The summed E-state index contributed by atoms with van der Waals surface area (Å²) in [7, 11) is 0. The number of ether oxygens (including phenoxy) is 1. The van der Waals surface area contributed by atoms with E-state index in [9.17, 15) is 9.59 Å². The van der Waals surface area contributed by atoms with Gasteiger partial charge in [-0.2, -0.15) is 0 Å². The van der Waals surface area contributed by atoms with E-state index in [0.717, 1.165) is 51.8 Å². The summed E-state index contributed by atoms with van der Waals surface area (Å²) < 4.78 is 5.37. The fraction of sp³-hybridized carbons (Fsp3) is 0.857. The van der Waals surface area contributed by atoms with E-state index in [1.807, 2.05) is 4.90 Å². The van der Waals surface area contributed by atoms with Gasteiger partial charge < -0.3 is 14.7 Å². The highest BCUT2D eigenvalue weighted by atomic mass is 16.5. The summed E-state index contributed by atoms with van der Waals surface area (Å²) in [5, 5.41) is 9.05. The van der Waals surface area contributed by atoms with Gasteiger partial charge in [-0.1, -0.05) is 0 Å². The van der Waals surface area contributed by atoms with Crippen molar-refractivity contribution >= 4 is 11.9 Å². The highest BCUT2D eigenvalue weighted by Crippen LogP contribution is 2.59. The Morgan fingerprint density at radius 1 is 1.26 bits per heavy atom.